The summed E-state index contributed by atoms with van der Waals surface area (Å²) in [6.45, 7) is 1.52. The van der Waals surface area contributed by atoms with Crippen molar-refractivity contribution in [2.45, 2.75) is 46.8 Å². The number of piperidine rings is 1. The lowest BCUT2D eigenvalue weighted by molar-refractivity contribution is -0.0312. The van der Waals surface area contributed by atoms with Crippen LogP contribution in [0.3, 0.4) is 0 Å². The van der Waals surface area contributed by atoms with Gasteiger partial charge in [-0.3, -0.25) is 0 Å². The van der Waals surface area contributed by atoms with E-state index in [-0.39, 0.29) is 29.7 Å². The van der Waals surface area contributed by atoms with Crippen molar-refractivity contribution in [3.05, 3.63) is 65.4 Å². The van der Waals surface area contributed by atoms with Gasteiger partial charge in [0.05, 0.1) is 22.0 Å². The normalized spacial score (nSPS) is 20.3. The predicted octanol–water partition coefficient (Wildman–Crippen LogP) is 2.66. The lowest BCUT2D eigenvalue weighted by Crippen LogP contribution is -2.47. The Balaban J connectivity index is 1.09. The number of benzene rings is 2. The first kappa shape index (κ1) is 30.1. The monoisotopic (exact) mass is 621 g/mol. The minimum Gasteiger partial charge on any atom is -0.491 e. The molecule has 0 radical (unpaired) electrons. The van der Waals surface area contributed by atoms with Gasteiger partial charge in [-0.1, -0.05) is 18.2 Å². The van der Waals surface area contributed by atoms with Gasteiger partial charge in [0, 0.05) is 31.7 Å². The van der Waals surface area contributed by atoms with Crippen LogP contribution in [0.5, 0.6) is 5.75 Å². The molecule has 2 aromatic carbocycles. The summed E-state index contributed by atoms with van der Waals surface area (Å²) in [7, 11) is -5.86. The average molecular weight is 622 g/mol. The van der Waals surface area contributed by atoms with Crippen molar-refractivity contribution in [2.24, 2.45) is 0 Å². The quantitative estimate of drug-likeness (QED) is 0.298. The van der Waals surface area contributed by atoms with E-state index in [0.29, 0.717) is 43.2 Å². The summed E-state index contributed by atoms with van der Waals surface area (Å²) in [4.78, 5) is 0.389. The average Bonchev–Trinajstić information content (AvgIpc) is 3.66. The second kappa shape index (κ2) is 12.5. The molecule has 1 aromatic heterocycles. The predicted molar refractivity (Wildman–Crippen MR) is 157 cm³/mol. The van der Waals surface area contributed by atoms with Gasteiger partial charge in [-0.2, -0.15) is 15.6 Å². The zero-order valence-corrected chi connectivity index (χ0v) is 25.2. The molecule has 1 unspecified atom stereocenters. The summed E-state index contributed by atoms with van der Waals surface area (Å²) < 4.78 is 66.4. The van der Waals surface area contributed by atoms with E-state index in [2.05, 4.69) is 10.0 Å². The molecule has 2 saturated heterocycles. The molecule has 0 saturated carbocycles. The highest BCUT2D eigenvalue weighted by Gasteiger charge is 2.44. The first-order chi connectivity index (χ1) is 19.6. The highest BCUT2D eigenvalue weighted by Crippen LogP contribution is 2.37. The highest BCUT2D eigenvalue weighted by atomic mass is 32.2. The molecule has 0 amide bonds. The number of sulfonamides is 2. The summed E-state index contributed by atoms with van der Waals surface area (Å²) in [5.74, 6) is 0.350. The Kier molecular flexibility index (Phi) is 9.16. The van der Waals surface area contributed by atoms with E-state index in [9.17, 15) is 21.9 Å². The first-order valence-corrected chi connectivity index (χ1v) is 17.3. The molecule has 5 rings (SSSR count). The van der Waals surface area contributed by atoms with Crippen LogP contribution in [0.25, 0.3) is 11.1 Å². The summed E-state index contributed by atoms with van der Waals surface area (Å²) in [6, 6.07) is 15.2. The van der Waals surface area contributed by atoms with Gasteiger partial charge >= 0.3 is 0 Å². The molecule has 3 heterocycles. The van der Waals surface area contributed by atoms with Crippen LogP contribution in [0.15, 0.2) is 75.1 Å². The van der Waals surface area contributed by atoms with Gasteiger partial charge in [0.2, 0.25) is 20.0 Å². The molecular weight excluding hydrogens is 587 g/mol. The van der Waals surface area contributed by atoms with Gasteiger partial charge in [0.1, 0.15) is 18.5 Å². The summed E-state index contributed by atoms with van der Waals surface area (Å²) >= 11 is 1.58. The van der Waals surface area contributed by atoms with Gasteiger partial charge in [-0.15, -0.1) is 0 Å². The second-order valence-corrected chi connectivity index (χ2v) is 15.0. The van der Waals surface area contributed by atoms with E-state index in [1.54, 1.807) is 46.0 Å². The third kappa shape index (κ3) is 7.00. The molecule has 0 bridgehead atoms. The van der Waals surface area contributed by atoms with Crippen LogP contribution in [-0.4, -0.2) is 83.9 Å². The van der Waals surface area contributed by atoms with Gasteiger partial charge in [0.15, 0.2) is 0 Å². The molecule has 10 nitrogen and oxygen atoms in total. The van der Waals surface area contributed by atoms with E-state index >= 15 is 0 Å². The fraction of sp³-hybridized carbons (Fsp3) is 0.429. The first-order valence-electron chi connectivity index (χ1n) is 13.4. The molecule has 3 N–H and O–H groups in total. The molecule has 1 spiro atoms. The van der Waals surface area contributed by atoms with Crippen molar-refractivity contribution in [1.29, 1.82) is 0 Å². The SMILES string of the molecule is CNS(=O)(=O)c1cccc(OC[C@@H](O)CNC2COC3(CCN(S(=O)(=O)c4cccc(-c5ccsc5)c4)CC3)C2)c1. The van der Waals surface area contributed by atoms with Crippen LogP contribution in [0, 0.1) is 0 Å². The fourth-order valence-electron chi connectivity index (χ4n) is 5.27. The van der Waals surface area contributed by atoms with Gasteiger partial charge < -0.3 is 19.9 Å². The minimum atomic E-state index is -3.62. The van der Waals surface area contributed by atoms with E-state index in [4.69, 9.17) is 9.47 Å². The number of aliphatic hydroxyl groups excluding tert-OH is 1. The molecule has 2 aliphatic rings. The number of ether oxygens (including phenoxy) is 2. The molecule has 13 heteroatoms. The Hall–Kier alpha value is -2.36. The number of hydrogen-bond donors (Lipinski definition) is 3. The fourth-order valence-corrected chi connectivity index (χ4v) is 8.19. The van der Waals surface area contributed by atoms with Gasteiger partial charge in [-0.25, -0.2) is 21.6 Å². The summed E-state index contributed by atoms with van der Waals surface area (Å²) in [6.07, 6.45) is 1.12. The Morgan fingerprint density at radius 3 is 2.56 bits per heavy atom. The van der Waals surface area contributed by atoms with Gasteiger partial charge in [0.25, 0.3) is 0 Å². The van der Waals surface area contributed by atoms with E-state index in [0.717, 1.165) is 17.5 Å². The number of rotatable bonds is 11. The van der Waals surface area contributed by atoms with Crippen molar-refractivity contribution in [3.8, 4) is 16.9 Å². The van der Waals surface area contributed by atoms with E-state index < -0.39 is 26.2 Å². The van der Waals surface area contributed by atoms with Crippen molar-refractivity contribution in [2.75, 3.05) is 39.9 Å². The highest BCUT2D eigenvalue weighted by molar-refractivity contribution is 7.89. The van der Waals surface area contributed by atoms with Crippen LogP contribution < -0.4 is 14.8 Å². The van der Waals surface area contributed by atoms with Gasteiger partial charge in [-0.05, 0) is 78.5 Å². The smallest absolute Gasteiger partial charge is 0.243 e. The maximum atomic E-state index is 13.4. The third-order valence-electron chi connectivity index (χ3n) is 7.64. The van der Waals surface area contributed by atoms with Crippen LogP contribution in [-0.2, 0) is 24.8 Å². The lowest BCUT2D eigenvalue weighted by atomic mass is 9.88. The maximum Gasteiger partial charge on any atom is 0.243 e. The minimum absolute atomic E-state index is 0.00476. The zero-order valence-electron chi connectivity index (χ0n) is 22.7. The molecular formula is C28H35N3O7S3. The Morgan fingerprint density at radius 1 is 1.07 bits per heavy atom. The van der Waals surface area contributed by atoms with Crippen LogP contribution >= 0.6 is 11.3 Å². The Labute approximate surface area is 245 Å². The third-order valence-corrected chi connectivity index (χ3v) is 11.6. The molecule has 41 heavy (non-hydrogen) atoms. The second-order valence-electron chi connectivity index (χ2n) is 10.4. The Bertz CT molecular complexity index is 1540. The number of thiophene rings is 1. The number of nitrogens with one attached hydrogen (secondary N) is 2. The number of aliphatic hydroxyl groups is 1. The topological polar surface area (TPSA) is 134 Å². The van der Waals surface area contributed by atoms with Crippen molar-refractivity contribution < 1.29 is 31.4 Å². The summed E-state index contributed by atoms with van der Waals surface area (Å²) in [5, 5.41) is 17.7. The van der Waals surface area contributed by atoms with Crippen LogP contribution in [0.4, 0.5) is 0 Å². The van der Waals surface area contributed by atoms with Crippen molar-refractivity contribution in [3.63, 3.8) is 0 Å². The molecule has 0 aliphatic carbocycles. The number of nitrogens with zero attached hydrogens (tertiary/aromatic N) is 1. The standard InChI is InChI=1S/C28H35N3O7S3/c1-29-40(33,34)26-6-3-5-25(15-26)37-19-24(32)17-30-23-16-28(38-18-23)9-11-31(12-10-28)41(35,36)27-7-2-4-21(14-27)22-8-13-39-20-22/h2-8,13-15,20,23-24,29-30,32H,9-12,16-19H2,1H3/t23?,24-/m0/s1. The van der Waals surface area contributed by atoms with E-state index in [1.165, 1.54) is 19.2 Å². The molecule has 3 aromatic rings. The van der Waals surface area contributed by atoms with Crippen LogP contribution in [0.1, 0.15) is 19.3 Å². The van der Waals surface area contributed by atoms with Crippen molar-refractivity contribution in [1.82, 2.24) is 14.3 Å². The number of hydrogen-bond acceptors (Lipinski definition) is 9. The maximum absolute atomic E-state index is 13.4. The van der Waals surface area contributed by atoms with Crippen LogP contribution in [0.2, 0.25) is 0 Å². The lowest BCUT2D eigenvalue weighted by Gasteiger charge is -2.38. The summed E-state index contributed by atoms with van der Waals surface area (Å²) in [5.41, 5.74) is 1.51. The molecule has 2 atom stereocenters. The molecule has 2 aliphatic heterocycles. The Morgan fingerprint density at radius 2 is 1.83 bits per heavy atom. The molecule has 222 valence electrons. The molecule has 2 fully saturated rings. The zero-order chi connectivity index (χ0) is 29.1. The van der Waals surface area contributed by atoms with E-state index in [1.807, 2.05) is 22.9 Å². The largest absolute Gasteiger partial charge is 0.491 e. The van der Waals surface area contributed by atoms with Crippen molar-refractivity contribution >= 4 is 31.4 Å².